The van der Waals surface area contributed by atoms with Gasteiger partial charge in [0.2, 0.25) is 41.1 Å². The second kappa shape index (κ2) is 15.3. The average Bonchev–Trinajstić information content (AvgIpc) is 3.48. The molecule has 0 bridgehead atoms. The molecule has 3 atom stereocenters. The van der Waals surface area contributed by atoms with Crippen LogP contribution in [0.1, 0.15) is 97.8 Å². The number of carbonyl (C=O) groups is 5. The van der Waals surface area contributed by atoms with Gasteiger partial charge in [0.05, 0.1) is 23.3 Å². The molecule has 3 saturated heterocycles. The third kappa shape index (κ3) is 7.35. The Hall–Kier alpha value is -5.71. The average molecular weight is 784 g/mol. The number of piperidine rings is 3. The van der Waals surface area contributed by atoms with Crippen LogP contribution >= 0.6 is 0 Å². The summed E-state index contributed by atoms with van der Waals surface area (Å²) in [5, 5.41) is 5.22. The van der Waals surface area contributed by atoms with E-state index in [9.17, 15) is 24.0 Å². The molecule has 2 N–H and O–H groups in total. The number of pyridine rings is 2. The van der Waals surface area contributed by atoms with Gasteiger partial charge in [-0.15, -0.1) is 0 Å². The lowest BCUT2D eigenvalue weighted by Crippen LogP contribution is -2.41. The molecule has 1 aliphatic carbocycles. The fourth-order valence-corrected chi connectivity index (χ4v) is 8.43. The minimum Gasteiger partial charge on any atom is -0.355 e. The molecule has 0 aromatic carbocycles. The van der Waals surface area contributed by atoms with Crippen molar-refractivity contribution in [2.24, 2.45) is 5.92 Å². The Bertz CT molecular complexity index is 2250. The van der Waals surface area contributed by atoms with Crippen LogP contribution in [0.5, 0.6) is 0 Å². The summed E-state index contributed by atoms with van der Waals surface area (Å²) in [5.41, 5.74) is -0.375. The van der Waals surface area contributed by atoms with E-state index in [1.807, 2.05) is 9.80 Å². The Balaban J connectivity index is 0.914. The van der Waals surface area contributed by atoms with Gasteiger partial charge in [-0.3, -0.25) is 38.7 Å². The van der Waals surface area contributed by atoms with E-state index in [0.717, 1.165) is 0 Å². The van der Waals surface area contributed by atoms with Gasteiger partial charge in [0, 0.05) is 76.2 Å². The maximum absolute atomic E-state index is 15.2. The number of hydrogen-bond donors (Lipinski definition) is 2. The molecule has 4 aromatic rings. The van der Waals surface area contributed by atoms with Crippen LogP contribution in [0, 0.1) is 11.7 Å². The van der Waals surface area contributed by atoms with Crippen molar-refractivity contribution in [3.63, 3.8) is 0 Å². The number of likely N-dealkylation sites (tertiary alicyclic amines) is 1. The lowest BCUT2D eigenvalue weighted by molar-refractivity contribution is -0.135. The molecule has 4 aliphatic rings. The van der Waals surface area contributed by atoms with Crippen molar-refractivity contribution >= 4 is 46.7 Å². The minimum atomic E-state index is -1.94. The zero-order chi connectivity index (χ0) is 40.0. The molecular weight excluding hydrogens is 740 g/mol. The molecule has 17 heteroatoms. The van der Waals surface area contributed by atoms with E-state index in [1.54, 1.807) is 42.9 Å². The number of nitrogens with zero attached hydrogens (tertiary/aromatic N) is 7. The number of imide groups is 1. The molecule has 4 fully saturated rings. The highest BCUT2D eigenvalue weighted by Gasteiger charge is 2.72. The van der Waals surface area contributed by atoms with Crippen molar-refractivity contribution in [3.8, 4) is 0 Å². The molecule has 1 unspecified atom stereocenters. The first-order chi connectivity index (χ1) is 27.4. The van der Waals surface area contributed by atoms with Gasteiger partial charge in [-0.1, -0.05) is 0 Å². The van der Waals surface area contributed by atoms with Gasteiger partial charge in [0.15, 0.2) is 11.6 Å². The van der Waals surface area contributed by atoms with E-state index in [1.165, 1.54) is 24.7 Å². The number of carbonyl (C=O) groups excluding carboxylic acids is 5. The van der Waals surface area contributed by atoms with Crippen LogP contribution in [0.2, 0.25) is 0 Å². The molecule has 4 amide bonds. The first-order valence-corrected chi connectivity index (χ1v) is 19.4. The Morgan fingerprint density at radius 1 is 1.00 bits per heavy atom. The highest BCUT2D eigenvalue weighted by Crippen LogP contribution is 2.52. The summed E-state index contributed by atoms with van der Waals surface area (Å²) in [6.45, 7) is 5.37. The van der Waals surface area contributed by atoms with E-state index in [4.69, 9.17) is 4.74 Å². The number of imidazole rings is 1. The minimum absolute atomic E-state index is 0.0152. The summed E-state index contributed by atoms with van der Waals surface area (Å²) < 4.78 is 38.0. The van der Waals surface area contributed by atoms with E-state index in [2.05, 4.69) is 30.6 Å². The van der Waals surface area contributed by atoms with Crippen molar-refractivity contribution in [2.75, 3.05) is 36.4 Å². The third-order valence-electron chi connectivity index (χ3n) is 11.5. The van der Waals surface area contributed by atoms with Gasteiger partial charge < -0.3 is 19.9 Å². The van der Waals surface area contributed by atoms with Crippen LogP contribution in [0.15, 0.2) is 49.3 Å². The Morgan fingerprint density at radius 2 is 1.75 bits per heavy atom. The second-order valence-corrected chi connectivity index (χ2v) is 15.6. The maximum Gasteiger partial charge on any atom is 0.258 e. The number of Topliss-reactive ketones (excluding diaryl/α,β-unsaturated/α-hetero) is 1. The van der Waals surface area contributed by atoms with Gasteiger partial charge in [-0.2, -0.15) is 0 Å². The summed E-state index contributed by atoms with van der Waals surface area (Å²) in [6.07, 6.45) is 10.1. The number of alkyl halides is 1. The number of fused-ring (bicyclic) bond motifs is 1. The summed E-state index contributed by atoms with van der Waals surface area (Å²) in [7, 11) is 0. The summed E-state index contributed by atoms with van der Waals surface area (Å²) >= 11 is 0. The number of ether oxygens (including phenoxy) is 1. The van der Waals surface area contributed by atoms with Gasteiger partial charge in [0.1, 0.15) is 5.69 Å². The largest absolute Gasteiger partial charge is 0.355 e. The van der Waals surface area contributed by atoms with Crippen molar-refractivity contribution in [1.82, 2.24) is 34.6 Å². The molecule has 0 spiro atoms. The fourth-order valence-electron chi connectivity index (χ4n) is 8.43. The van der Waals surface area contributed by atoms with E-state index >= 15 is 8.78 Å². The highest BCUT2D eigenvalue weighted by atomic mass is 19.1. The zero-order valence-electron chi connectivity index (χ0n) is 31.6. The summed E-state index contributed by atoms with van der Waals surface area (Å²) in [6, 6.07) is 3.08. The molecule has 57 heavy (non-hydrogen) atoms. The molecule has 15 nitrogen and oxygen atoms in total. The molecule has 8 rings (SSSR count). The number of halogens is 2. The molecule has 298 valence electrons. The van der Waals surface area contributed by atoms with Crippen LogP contribution < -0.4 is 15.5 Å². The first kappa shape index (κ1) is 38.2. The number of ketones is 1. The normalized spacial score (nSPS) is 23.3. The van der Waals surface area contributed by atoms with E-state index in [-0.39, 0.29) is 52.8 Å². The molecule has 1 saturated carbocycles. The van der Waals surface area contributed by atoms with Crippen molar-refractivity contribution < 1.29 is 37.5 Å². The fraction of sp³-hybridized carbons (Fsp3) is 0.475. The molecule has 4 aromatic heterocycles. The topological polar surface area (TPSA) is 181 Å². The summed E-state index contributed by atoms with van der Waals surface area (Å²) in [5.74, 6) is -2.59. The third-order valence-corrected chi connectivity index (χ3v) is 11.5. The number of hydrogen-bond acceptors (Lipinski definition) is 11. The predicted octanol–water partition coefficient (Wildman–Crippen LogP) is 3.98. The van der Waals surface area contributed by atoms with Crippen LogP contribution in [0.3, 0.4) is 0 Å². The number of aromatic nitrogens is 5. The Morgan fingerprint density at radius 3 is 2.44 bits per heavy atom. The maximum atomic E-state index is 15.2. The molecular formula is C40H43F2N9O6. The Kier molecular flexibility index (Phi) is 10.3. The summed E-state index contributed by atoms with van der Waals surface area (Å²) in [4.78, 5) is 84.8. The predicted molar refractivity (Wildman–Crippen MR) is 200 cm³/mol. The Labute approximate surface area is 326 Å². The lowest BCUT2D eigenvalue weighted by atomic mass is 9.86. The van der Waals surface area contributed by atoms with Gasteiger partial charge in [-0.05, 0) is 81.0 Å². The molecule has 7 heterocycles. The molecule has 0 radical (unpaired) electrons. The van der Waals surface area contributed by atoms with E-state index in [0.29, 0.717) is 81.6 Å². The molecule has 3 aliphatic heterocycles. The van der Waals surface area contributed by atoms with Gasteiger partial charge >= 0.3 is 0 Å². The van der Waals surface area contributed by atoms with Gasteiger partial charge in [-0.25, -0.2) is 23.7 Å². The highest BCUT2D eigenvalue weighted by molar-refractivity contribution is 6.12. The first-order valence-electron chi connectivity index (χ1n) is 19.4. The number of nitrogens with one attached hydrogen (secondary N) is 2. The number of anilines is 2. The van der Waals surface area contributed by atoms with E-state index < -0.39 is 47.2 Å². The van der Waals surface area contributed by atoms with Crippen molar-refractivity contribution in [1.29, 1.82) is 0 Å². The quantitative estimate of drug-likeness (QED) is 0.222. The number of rotatable bonds is 10. The smallest absolute Gasteiger partial charge is 0.258 e. The lowest BCUT2D eigenvalue weighted by Gasteiger charge is -2.36. The van der Waals surface area contributed by atoms with Gasteiger partial charge in [0.25, 0.3) is 5.91 Å². The van der Waals surface area contributed by atoms with Crippen LogP contribution in [-0.4, -0.2) is 97.1 Å². The monoisotopic (exact) mass is 783 g/mol. The zero-order valence-corrected chi connectivity index (χ0v) is 31.6. The van der Waals surface area contributed by atoms with Crippen molar-refractivity contribution in [3.05, 3.63) is 77.5 Å². The van der Waals surface area contributed by atoms with Crippen molar-refractivity contribution in [2.45, 2.75) is 88.5 Å². The standard InChI is InChI=1S/C40H43F2N9O6/c1-22(2)57-40(33(42)35(40)54)34-32(48-37(55)26-20-46-39-44-11-16-51(39)21-26)27(5-10-43-34)24-8-14-49(15-9-24)31(53)17-23-6-12-50(13-7-23)36-29(41)18-25(19-45-36)28-3-4-30(52)47-38(28)56/h5,10-11,16,18-24,28,33H,3-4,6-9,12-15,17H2,1-2H3,(H,48,55)(H,47,52,56)/t28?,33-,40-/m0/s1. The van der Waals surface area contributed by atoms with Crippen LogP contribution in [0.4, 0.5) is 20.3 Å². The SMILES string of the molecule is CC(C)O[C@@]1(c2nccc(C3CCN(C(=O)CC4CCN(c5ncc(C6CCC(=O)NC6=O)cc5F)CC4)CC3)c2NC(=O)c2cnc3nccn3c2)C(=O)[C@@H]1F. The van der Waals surface area contributed by atoms with Crippen LogP contribution in [-0.2, 0) is 29.5 Å². The number of amides is 4. The van der Waals surface area contributed by atoms with Crippen LogP contribution in [0.25, 0.3) is 5.78 Å². The second-order valence-electron chi connectivity index (χ2n) is 15.6.